The third-order valence-corrected chi connectivity index (χ3v) is 2.45. The van der Waals surface area contributed by atoms with Gasteiger partial charge in [0.1, 0.15) is 0 Å². The van der Waals surface area contributed by atoms with E-state index in [0.717, 1.165) is 22.0 Å². The molecule has 1 aromatic heterocycles. The molecule has 0 aliphatic carbocycles. The van der Waals surface area contributed by atoms with Gasteiger partial charge in [-0.25, -0.2) is 0 Å². The van der Waals surface area contributed by atoms with Crippen LogP contribution in [0, 0.1) is 6.92 Å². The Morgan fingerprint density at radius 1 is 1.40 bits per heavy atom. The molecule has 3 heteroatoms. The van der Waals surface area contributed by atoms with E-state index in [1.54, 1.807) is 0 Å². The minimum Gasteiger partial charge on any atom is -0.387 e. The van der Waals surface area contributed by atoms with E-state index in [1.807, 2.05) is 31.3 Å². The standard InChI is InChI=1S/C12H14N2O/c1-8-4-10-5-9(12(15)6-13)2-3-11(10)14-7-8/h2-5,7,12,15H,6,13H2,1H3. The molecule has 0 saturated heterocycles. The molecule has 0 amide bonds. The average molecular weight is 202 g/mol. The Bertz CT molecular complexity index is 482. The van der Waals surface area contributed by atoms with Crippen molar-refractivity contribution in [3.63, 3.8) is 0 Å². The molecule has 1 aromatic carbocycles. The van der Waals surface area contributed by atoms with Gasteiger partial charge in [0.05, 0.1) is 11.6 Å². The number of hydrogen-bond donors (Lipinski definition) is 2. The summed E-state index contributed by atoms with van der Waals surface area (Å²) in [4.78, 5) is 4.29. The van der Waals surface area contributed by atoms with Crippen molar-refractivity contribution in [2.24, 2.45) is 5.73 Å². The van der Waals surface area contributed by atoms with Crippen LogP contribution in [0.4, 0.5) is 0 Å². The summed E-state index contributed by atoms with van der Waals surface area (Å²) in [7, 11) is 0. The molecule has 15 heavy (non-hydrogen) atoms. The normalized spacial score (nSPS) is 13.0. The molecule has 0 spiro atoms. The second-order valence-electron chi connectivity index (χ2n) is 3.72. The first-order valence-corrected chi connectivity index (χ1v) is 4.95. The fraction of sp³-hybridized carbons (Fsp3) is 0.250. The smallest absolute Gasteiger partial charge is 0.0912 e. The maximum atomic E-state index is 9.61. The van der Waals surface area contributed by atoms with Crippen molar-refractivity contribution >= 4 is 10.9 Å². The number of aryl methyl sites for hydroxylation is 1. The van der Waals surface area contributed by atoms with Crippen molar-refractivity contribution in [1.82, 2.24) is 4.98 Å². The highest BCUT2D eigenvalue weighted by atomic mass is 16.3. The van der Waals surface area contributed by atoms with Gasteiger partial charge in [-0.15, -0.1) is 0 Å². The topological polar surface area (TPSA) is 59.1 Å². The van der Waals surface area contributed by atoms with E-state index in [9.17, 15) is 5.11 Å². The minimum atomic E-state index is -0.588. The van der Waals surface area contributed by atoms with Gasteiger partial charge >= 0.3 is 0 Å². The molecule has 0 radical (unpaired) electrons. The summed E-state index contributed by atoms with van der Waals surface area (Å²) in [5.74, 6) is 0. The van der Waals surface area contributed by atoms with Gasteiger partial charge in [-0.05, 0) is 36.2 Å². The first-order valence-electron chi connectivity index (χ1n) is 4.95. The van der Waals surface area contributed by atoms with Crippen LogP contribution >= 0.6 is 0 Å². The van der Waals surface area contributed by atoms with Crippen LogP contribution in [0.15, 0.2) is 30.5 Å². The molecule has 3 N–H and O–H groups in total. The fourth-order valence-corrected chi connectivity index (χ4v) is 1.60. The monoisotopic (exact) mass is 202 g/mol. The van der Waals surface area contributed by atoms with E-state index in [0.29, 0.717) is 0 Å². The highest BCUT2D eigenvalue weighted by Crippen LogP contribution is 2.19. The quantitative estimate of drug-likeness (QED) is 0.776. The Morgan fingerprint density at radius 3 is 2.93 bits per heavy atom. The van der Waals surface area contributed by atoms with Gasteiger partial charge in [-0.1, -0.05) is 6.07 Å². The summed E-state index contributed by atoms with van der Waals surface area (Å²) >= 11 is 0. The van der Waals surface area contributed by atoms with Gasteiger partial charge in [0.2, 0.25) is 0 Å². The lowest BCUT2D eigenvalue weighted by molar-refractivity contribution is 0.187. The lowest BCUT2D eigenvalue weighted by atomic mass is 10.1. The molecule has 1 heterocycles. The molecule has 2 rings (SSSR count). The van der Waals surface area contributed by atoms with E-state index in [2.05, 4.69) is 11.1 Å². The maximum Gasteiger partial charge on any atom is 0.0912 e. The average Bonchev–Trinajstić information content (AvgIpc) is 2.27. The number of hydrogen-bond acceptors (Lipinski definition) is 3. The van der Waals surface area contributed by atoms with Crippen LogP contribution in [0.3, 0.4) is 0 Å². The van der Waals surface area contributed by atoms with Crippen molar-refractivity contribution in [3.8, 4) is 0 Å². The summed E-state index contributed by atoms with van der Waals surface area (Å²) in [5, 5.41) is 10.7. The second kappa shape index (κ2) is 3.96. The summed E-state index contributed by atoms with van der Waals surface area (Å²) in [6.45, 7) is 2.24. The van der Waals surface area contributed by atoms with E-state index in [-0.39, 0.29) is 6.54 Å². The number of pyridine rings is 1. The van der Waals surface area contributed by atoms with Crippen molar-refractivity contribution in [2.75, 3.05) is 6.54 Å². The maximum absolute atomic E-state index is 9.61. The Morgan fingerprint density at radius 2 is 2.20 bits per heavy atom. The van der Waals surface area contributed by atoms with Crippen molar-refractivity contribution in [3.05, 3.63) is 41.6 Å². The Hall–Kier alpha value is -1.45. The second-order valence-corrected chi connectivity index (χ2v) is 3.72. The summed E-state index contributed by atoms with van der Waals surface area (Å²) < 4.78 is 0. The van der Waals surface area contributed by atoms with Crippen LogP contribution < -0.4 is 5.73 Å². The molecule has 0 saturated carbocycles. The third kappa shape index (κ3) is 1.98. The van der Waals surface area contributed by atoms with E-state index in [1.165, 1.54) is 0 Å². The third-order valence-electron chi connectivity index (χ3n) is 2.45. The number of fused-ring (bicyclic) bond motifs is 1. The van der Waals surface area contributed by atoms with Crippen LogP contribution in [-0.2, 0) is 0 Å². The zero-order valence-corrected chi connectivity index (χ0v) is 8.64. The number of benzene rings is 1. The highest BCUT2D eigenvalue weighted by molar-refractivity contribution is 5.79. The SMILES string of the molecule is Cc1cnc2ccc(C(O)CN)cc2c1. The molecule has 0 bridgehead atoms. The van der Waals surface area contributed by atoms with E-state index >= 15 is 0 Å². The number of aromatic nitrogens is 1. The van der Waals surface area contributed by atoms with Crippen LogP contribution in [0.25, 0.3) is 10.9 Å². The number of nitrogens with two attached hydrogens (primary N) is 1. The lowest BCUT2D eigenvalue weighted by Gasteiger charge is -2.08. The lowest BCUT2D eigenvalue weighted by Crippen LogP contribution is -2.11. The van der Waals surface area contributed by atoms with Crippen LogP contribution in [0.2, 0.25) is 0 Å². The van der Waals surface area contributed by atoms with Crippen molar-refractivity contribution in [2.45, 2.75) is 13.0 Å². The van der Waals surface area contributed by atoms with Crippen LogP contribution in [0.1, 0.15) is 17.2 Å². The van der Waals surface area contributed by atoms with Gasteiger partial charge in [-0.3, -0.25) is 4.98 Å². The molecule has 3 nitrogen and oxygen atoms in total. The molecular weight excluding hydrogens is 188 g/mol. The highest BCUT2D eigenvalue weighted by Gasteiger charge is 2.05. The molecule has 0 aliphatic heterocycles. The zero-order chi connectivity index (χ0) is 10.8. The van der Waals surface area contributed by atoms with E-state index < -0.39 is 6.10 Å². The number of nitrogens with zero attached hydrogens (tertiary/aromatic N) is 1. The van der Waals surface area contributed by atoms with Gasteiger partial charge in [0, 0.05) is 18.1 Å². The van der Waals surface area contributed by atoms with Crippen LogP contribution in [-0.4, -0.2) is 16.6 Å². The minimum absolute atomic E-state index is 0.241. The Balaban J connectivity index is 2.54. The predicted molar refractivity (Wildman–Crippen MR) is 60.5 cm³/mol. The first-order chi connectivity index (χ1) is 7.20. The Kier molecular flexibility index (Phi) is 2.66. The first kappa shape index (κ1) is 10.1. The molecule has 2 aromatic rings. The molecule has 0 aliphatic rings. The van der Waals surface area contributed by atoms with Gasteiger partial charge in [0.15, 0.2) is 0 Å². The van der Waals surface area contributed by atoms with Crippen LogP contribution in [0.5, 0.6) is 0 Å². The molecule has 1 unspecified atom stereocenters. The van der Waals surface area contributed by atoms with Gasteiger partial charge < -0.3 is 10.8 Å². The predicted octanol–water partition coefficient (Wildman–Crippen LogP) is 1.54. The van der Waals surface area contributed by atoms with Gasteiger partial charge in [-0.2, -0.15) is 0 Å². The summed E-state index contributed by atoms with van der Waals surface area (Å²) in [6, 6.07) is 7.76. The molecule has 1 atom stereocenters. The van der Waals surface area contributed by atoms with Crippen molar-refractivity contribution < 1.29 is 5.11 Å². The summed E-state index contributed by atoms with van der Waals surface area (Å²) in [5.41, 5.74) is 8.31. The summed E-state index contributed by atoms with van der Waals surface area (Å²) in [6.07, 6.45) is 1.25. The molecule has 0 fully saturated rings. The number of rotatable bonds is 2. The fourth-order valence-electron chi connectivity index (χ4n) is 1.60. The number of aliphatic hydroxyl groups is 1. The Labute approximate surface area is 88.6 Å². The molecule has 78 valence electrons. The van der Waals surface area contributed by atoms with Crippen molar-refractivity contribution in [1.29, 1.82) is 0 Å². The van der Waals surface area contributed by atoms with Gasteiger partial charge in [0.25, 0.3) is 0 Å². The number of aliphatic hydroxyl groups excluding tert-OH is 1. The zero-order valence-electron chi connectivity index (χ0n) is 8.64. The van der Waals surface area contributed by atoms with E-state index in [4.69, 9.17) is 5.73 Å². The largest absolute Gasteiger partial charge is 0.387 e. The molecular formula is C12H14N2O.